The molecular formula is C10H9IOS2. The molecule has 0 atom stereocenters. The molecule has 0 saturated carbocycles. The molecular weight excluding hydrogens is 327 g/mol. The number of thiophene rings is 1. The van der Waals surface area contributed by atoms with E-state index in [1.807, 2.05) is 0 Å². The van der Waals surface area contributed by atoms with Gasteiger partial charge in [-0.2, -0.15) is 0 Å². The van der Waals surface area contributed by atoms with Crippen molar-refractivity contribution in [2.24, 2.45) is 0 Å². The van der Waals surface area contributed by atoms with Gasteiger partial charge in [-0.1, -0.05) is 0 Å². The van der Waals surface area contributed by atoms with Gasteiger partial charge in [0, 0.05) is 18.7 Å². The largest absolute Gasteiger partial charge is 0.392 e. The van der Waals surface area contributed by atoms with E-state index in [4.69, 9.17) is 0 Å². The molecule has 14 heavy (non-hydrogen) atoms. The van der Waals surface area contributed by atoms with Crippen molar-refractivity contribution in [2.75, 3.05) is 6.26 Å². The summed E-state index contributed by atoms with van der Waals surface area (Å²) in [6, 6.07) is 4.26. The number of halogens is 1. The highest BCUT2D eigenvalue weighted by Gasteiger charge is 2.11. The van der Waals surface area contributed by atoms with E-state index in [1.54, 1.807) is 23.1 Å². The lowest BCUT2D eigenvalue weighted by molar-refractivity contribution is 0.278. The second-order valence-corrected chi connectivity index (χ2v) is 5.76. The van der Waals surface area contributed by atoms with Gasteiger partial charge in [-0.15, -0.1) is 23.1 Å². The zero-order chi connectivity index (χ0) is 10.1. The smallest absolute Gasteiger partial charge is 0.0703 e. The molecule has 0 aliphatic heterocycles. The van der Waals surface area contributed by atoms with Gasteiger partial charge in [-0.25, -0.2) is 0 Å². The molecule has 0 aliphatic rings. The predicted octanol–water partition coefficient (Wildman–Crippen LogP) is 3.72. The highest BCUT2D eigenvalue weighted by Crippen LogP contribution is 2.36. The Kier molecular flexibility index (Phi) is 3.36. The molecule has 2 aromatic rings. The van der Waals surface area contributed by atoms with Gasteiger partial charge in [0.25, 0.3) is 0 Å². The average Bonchev–Trinajstić information content (AvgIpc) is 2.62. The molecule has 0 bridgehead atoms. The quantitative estimate of drug-likeness (QED) is 0.666. The zero-order valence-electron chi connectivity index (χ0n) is 7.58. The summed E-state index contributed by atoms with van der Waals surface area (Å²) in [6.07, 6.45) is 2.06. The van der Waals surface area contributed by atoms with Crippen molar-refractivity contribution < 1.29 is 5.11 Å². The highest BCUT2D eigenvalue weighted by atomic mass is 127. The second kappa shape index (κ2) is 4.38. The maximum atomic E-state index is 9.31. The Labute approximate surface area is 105 Å². The fourth-order valence-electron chi connectivity index (χ4n) is 1.45. The Balaban J connectivity index is 2.82. The van der Waals surface area contributed by atoms with Crippen molar-refractivity contribution >= 4 is 55.8 Å². The molecule has 0 radical (unpaired) electrons. The Morgan fingerprint density at radius 2 is 2.36 bits per heavy atom. The van der Waals surface area contributed by atoms with Gasteiger partial charge in [0.05, 0.1) is 6.61 Å². The van der Waals surface area contributed by atoms with Gasteiger partial charge >= 0.3 is 0 Å². The summed E-state index contributed by atoms with van der Waals surface area (Å²) in [5.41, 5.74) is 1.06. The number of hydrogen-bond donors (Lipinski definition) is 1. The summed E-state index contributed by atoms with van der Waals surface area (Å²) >= 11 is 5.74. The predicted molar refractivity (Wildman–Crippen MR) is 72.2 cm³/mol. The monoisotopic (exact) mass is 336 g/mol. The van der Waals surface area contributed by atoms with Gasteiger partial charge in [0.2, 0.25) is 0 Å². The standard InChI is InChI=1S/C10H9IOS2/c1-13-10-7(5-12)8(11)4-6-2-3-14-9(6)10/h2-4,12H,5H2,1H3. The highest BCUT2D eigenvalue weighted by molar-refractivity contribution is 14.1. The summed E-state index contributed by atoms with van der Waals surface area (Å²) < 4.78 is 2.45. The first-order valence-electron chi connectivity index (χ1n) is 4.11. The zero-order valence-corrected chi connectivity index (χ0v) is 11.4. The van der Waals surface area contributed by atoms with Crippen LogP contribution < -0.4 is 0 Å². The van der Waals surface area contributed by atoms with Gasteiger partial charge in [0.1, 0.15) is 0 Å². The van der Waals surface area contributed by atoms with Crippen LogP contribution in [0, 0.1) is 3.57 Å². The van der Waals surface area contributed by atoms with E-state index in [1.165, 1.54) is 15.0 Å². The van der Waals surface area contributed by atoms with Crippen LogP contribution in [0.25, 0.3) is 10.1 Å². The van der Waals surface area contributed by atoms with Gasteiger partial charge in [-0.05, 0) is 51.7 Å². The van der Waals surface area contributed by atoms with Crippen LogP contribution in [-0.4, -0.2) is 11.4 Å². The van der Waals surface area contributed by atoms with E-state index in [2.05, 4.69) is 46.4 Å². The third kappa shape index (κ3) is 1.68. The average molecular weight is 336 g/mol. The lowest BCUT2D eigenvalue weighted by Gasteiger charge is -2.08. The Morgan fingerprint density at radius 1 is 1.57 bits per heavy atom. The third-order valence-electron chi connectivity index (χ3n) is 2.11. The minimum absolute atomic E-state index is 0.127. The Bertz CT molecular complexity index is 464. The summed E-state index contributed by atoms with van der Waals surface area (Å²) in [5.74, 6) is 0. The summed E-state index contributed by atoms with van der Waals surface area (Å²) in [4.78, 5) is 1.23. The van der Waals surface area contributed by atoms with Crippen molar-refractivity contribution in [2.45, 2.75) is 11.5 Å². The molecule has 2 rings (SSSR count). The molecule has 74 valence electrons. The van der Waals surface area contributed by atoms with Crippen molar-refractivity contribution in [3.8, 4) is 0 Å². The molecule has 1 heterocycles. The number of aliphatic hydroxyl groups is 1. The molecule has 0 fully saturated rings. The Hall–Kier alpha value is 0.220. The van der Waals surface area contributed by atoms with E-state index in [-0.39, 0.29) is 6.61 Å². The Morgan fingerprint density at radius 3 is 3.00 bits per heavy atom. The SMILES string of the molecule is CSc1c(CO)c(I)cc2ccsc12. The van der Waals surface area contributed by atoms with Crippen molar-refractivity contribution in [3.05, 3.63) is 26.6 Å². The van der Waals surface area contributed by atoms with Crippen LogP contribution in [0.3, 0.4) is 0 Å². The maximum Gasteiger partial charge on any atom is 0.0703 e. The van der Waals surface area contributed by atoms with E-state index < -0.39 is 0 Å². The van der Waals surface area contributed by atoms with E-state index in [0.717, 1.165) is 9.13 Å². The van der Waals surface area contributed by atoms with Crippen LogP contribution in [0.5, 0.6) is 0 Å². The van der Waals surface area contributed by atoms with Crippen LogP contribution >= 0.6 is 45.7 Å². The number of benzene rings is 1. The normalized spacial score (nSPS) is 11.1. The molecule has 1 nitrogen and oxygen atoms in total. The van der Waals surface area contributed by atoms with Crippen LogP contribution in [0.1, 0.15) is 5.56 Å². The molecule has 0 aliphatic carbocycles. The van der Waals surface area contributed by atoms with Crippen molar-refractivity contribution in [1.82, 2.24) is 0 Å². The van der Waals surface area contributed by atoms with Gasteiger partial charge in [0.15, 0.2) is 0 Å². The third-order valence-corrected chi connectivity index (χ3v) is 5.01. The van der Waals surface area contributed by atoms with E-state index in [9.17, 15) is 5.11 Å². The fourth-order valence-corrected chi connectivity index (χ4v) is 4.37. The molecule has 0 amide bonds. The van der Waals surface area contributed by atoms with E-state index >= 15 is 0 Å². The first-order chi connectivity index (χ1) is 6.77. The number of fused-ring (bicyclic) bond motifs is 1. The molecule has 0 spiro atoms. The second-order valence-electron chi connectivity index (χ2n) is 2.87. The van der Waals surface area contributed by atoms with Crippen molar-refractivity contribution in [3.63, 3.8) is 0 Å². The lowest BCUT2D eigenvalue weighted by Crippen LogP contribution is -1.91. The minimum Gasteiger partial charge on any atom is -0.392 e. The van der Waals surface area contributed by atoms with Gasteiger partial charge in [-0.3, -0.25) is 0 Å². The topological polar surface area (TPSA) is 20.2 Å². The molecule has 1 aromatic carbocycles. The van der Waals surface area contributed by atoms with Gasteiger partial charge < -0.3 is 5.11 Å². The summed E-state index contributed by atoms with van der Waals surface area (Å²) in [5, 5.41) is 12.7. The lowest BCUT2D eigenvalue weighted by atomic mass is 10.2. The van der Waals surface area contributed by atoms with Crippen LogP contribution in [0.2, 0.25) is 0 Å². The number of rotatable bonds is 2. The minimum atomic E-state index is 0.127. The number of aliphatic hydroxyl groups excluding tert-OH is 1. The fraction of sp³-hybridized carbons (Fsp3) is 0.200. The first-order valence-corrected chi connectivity index (χ1v) is 7.29. The first kappa shape index (κ1) is 10.7. The van der Waals surface area contributed by atoms with E-state index in [0.29, 0.717) is 0 Å². The molecule has 1 aromatic heterocycles. The van der Waals surface area contributed by atoms with Crippen LogP contribution in [0.4, 0.5) is 0 Å². The molecule has 4 heteroatoms. The number of thioether (sulfide) groups is 1. The van der Waals surface area contributed by atoms with Crippen LogP contribution in [0.15, 0.2) is 22.4 Å². The summed E-state index contributed by atoms with van der Waals surface area (Å²) in [7, 11) is 0. The maximum absolute atomic E-state index is 9.31. The summed E-state index contributed by atoms with van der Waals surface area (Å²) in [6.45, 7) is 0.127. The molecule has 0 unspecified atom stereocenters. The van der Waals surface area contributed by atoms with Crippen molar-refractivity contribution in [1.29, 1.82) is 0 Å². The molecule has 0 saturated heterocycles. The van der Waals surface area contributed by atoms with Crippen LogP contribution in [-0.2, 0) is 6.61 Å². The number of hydrogen-bond acceptors (Lipinski definition) is 3. The molecule has 1 N–H and O–H groups in total.